The van der Waals surface area contributed by atoms with Crippen LogP contribution in [0.4, 0.5) is 8.63 Å². The number of hydrogen-bond donors (Lipinski definition) is 2. The van der Waals surface area contributed by atoms with E-state index in [9.17, 15) is 4.79 Å². The molecule has 2 aliphatic heterocycles. The zero-order valence-electron chi connectivity index (χ0n) is 20.8. The van der Waals surface area contributed by atoms with Crippen LogP contribution in [0.2, 0.25) is 0 Å². The molecule has 0 bridgehead atoms. The van der Waals surface area contributed by atoms with Crippen LogP contribution in [0, 0.1) is 0 Å². The first-order chi connectivity index (χ1) is 18.0. The predicted octanol–water partition coefficient (Wildman–Crippen LogP) is 5.30. The van der Waals surface area contributed by atoms with Crippen molar-refractivity contribution >= 4 is 48.4 Å². The number of unbranched alkanes of at least 4 members (excludes halogenated alkanes) is 3. The first-order valence-electron chi connectivity index (χ1n) is 12.5. The van der Waals surface area contributed by atoms with Crippen molar-refractivity contribution in [3.8, 4) is 16.3 Å². The molecule has 0 atom stereocenters. The summed E-state index contributed by atoms with van der Waals surface area (Å²) >= 11 is 1.44. The van der Waals surface area contributed by atoms with Gasteiger partial charge in [-0.1, -0.05) is 18.9 Å². The quantitative estimate of drug-likeness (QED) is 0.248. The van der Waals surface area contributed by atoms with Crippen molar-refractivity contribution in [3.05, 3.63) is 83.0 Å². The molecular weight excluding hydrogens is 529 g/mol. The van der Waals surface area contributed by atoms with Crippen LogP contribution in [-0.2, 0) is 4.79 Å². The van der Waals surface area contributed by atoms with Crippen LogP contribution in [0.5, 0.6) is 5.75 Å². The lowest BCUT2D eigenvalue weighted by molar-refractivity contribution is -0.360. The number of benzene rings is 1. The molecule has 0 aliphatic carbocycles. The van der Waals surface area contributed by atoms with Gasteiger partial charge in [-0.2, -0.15) is 0 Å². The van der Waals surface area contributed by atoms with Crippen LogP contribution in [0.15, 0.2) is 71.8 Å². The highest BCUT2D eigenvalue weighted by atomic mass is 35.5. The molecule has 0 radical (unpaired) electrons. The van der Waals surface area contributed by atoms with Gasteiger partial charge in [0, 0.05) is 46.6 Å². The first-order valence-corrected chi connectivity index (χ1v) is 13.4. The van der Waals surface area contributed by atoms with E-state index in [1.54, 1.807) is 54.6 Å². The Kier molecular flexibility index (Phi) is 8.86. The van der Waals surface area contributed by atoms with Crippen molar-refractivity contribution < 1.29 is 22.6 Å². The summed E-state index contributed by atoms with van der Waals surface area (Å²) in [4.78, 5) is 12.8. The molecule has 2 aromatic heterocycles. The largest absolute Gasteiger partial charge is 0.737 e. The summed E-state index contributed by atoms with van der Waals surface area (Å²) in [6, 6.07) is 14.1. The molecule has 3 aromatic rings. The second kappa shape index (κ2) is 12.1. The Balaban J connectivity index is 0.00000336. The minimum absolute atomic E-state index is 0. The standard InChI is InChI=1S/C27H29BF2N4O2S.ClH/c29-28(30)33-21(18-22-10-14-25(34(22)28)26-6-5-17-37-26)9-13-24(33)20-7-11-23(12-8-20)36-19-27(35)32-16-4-2-1-3-15-31;/h5-14,17-18H,1-4,15-16,19,31H2,(H,32,35);1H. The lowest BCUT2D eigenvalue weighted by Gasteiger charge is -2.30. The molecule has 1 aromatic carbocycles. The van der Waals surface area contributed by atoms with Crippen LogP contribution < -0.4 is 15.8 Å². The smallest absolute Gasteiger partial charge is 0.484 e. The molecule has 2 aliphatic rings. The van der Waals surface area contributed by atoms with Crippen LogP contribution in [0.25, 0.3) is 16.6 Å². The topological polar surface area (TPSA) is 72.3 Å². The van der Waals surface area contributed by atoms with E-state index in [0.717, 1.165) is 39.5 Å². The molecule has 3 N–H and O–H groups in total. The van der Waals surface area contributed by atoms with Crippen molar-refractivity contribution in [2.75, 3.05) is 19.7 Å². The summed E-state index contributed by atoms with van der Waals surface area (Å²) in [6.45, 7) is -2.91. The van der Waals surface area contributed by atoms with Crippen molar-refractivity contribution in [1.82, 2.24) is 9.79 Å². The molecule has 0 saturated heterocycles. The van der Waals surface area contributed by atoms with E-state index < -0.39 is 6.97 Å². The van der Waals surface area contributed by atoms with E-state index >= 15 is 8.63 Å². The van der Waals surface area contributed by atoms with Gasteiger partial charge in [0.15, 0.2) is 18.0 Å². The number of carbonyl (C=O) groups excluding carboxylic acids is 1. The van der Waals surface area contributed by atoms with Gasteiger partial charge >= 0.3 is 6.97 Å². The van der Waals surface area contributed by atoms with E-state index in [-0.39, 0.29) is 24.9 Å². The molecule has 0 fully saturated rings. The molecule has 0 unspecified atom stereocenters. The molecule has 38 heavy (non-hydrogen) atoms. The van der Waals surface area contributed by atoms with E-state index in [1.807, 2.05) is 17.5 Å². The number of amides is 1. The SMILES string of the molecule is Cl.NCCCCCCNC(=O)COc1ccc(C2=[N+]3C(=Cc4ccc(-c5cccs5)n4[B-]3(F)F)C=C2)cc1. The van der Waals surface area contributed by atoms with Gasteiger partial charge in [-0.3, -0.25) is 4.79 Å². The third-order valence-corrected chi connectivity index (χ3v) is 7.46. The molecule has 200 valence electrons. The normalized spacial score (nSPS) is 15.0. The molecule has 1 amide bonds. The van der Waals surface area contributed by atoms with Crippen LogP contribution >= 0.6 is 23.7 Å². The van der Waals surface area contributed by atoms with Gasteiger partial charge in [0.25, 0.3) is 5.91 Å². The van der Waals surface area contributed by atoms with Gasteiger partial charge in [-0.15, -0.1) is 23.7 Å². The minimum atomic E-state index is -4.11. The number of rotatable bonds is 11. The lowest BCUT2D eigenvalue weighted by Crippen LogP contribution is -2.50. The highest BCUT2D eigenvalue weighted by molar-refractivity contribution is 7.13. The number of ether oxygens (including phenoxy) is 1. The first kappa shape index (κ1) is 27.8. The van der Waals surface area contributed by atoms with Gasteiger partial charge in [-0.05, 0) is 67.2 Å². The number of aromatic nitrogens is 1. The van der Waals surface area contributed by atoms with Gasteiger partial charge in [0.2, 0.25) is 0 Å². The fourth-order valence-corrected chi connectivity index (χ4v) is 5.50. The average molecular weight is 559 g/mol. The summed E-state index contributed by atoms with van der Waals surface area (Å²) in [5.41, 5.74) is 8.00. The molecular formula is C27H30BClF2N4O2S. The van der Waals surface area contributed by atoms with Crippen molar-refractivity contribution in [1.29, 1.82) is 0 Å². The highest BCUT2D eigenvalue weighted by Crippen LogP contribution is 2.37. The Morgan fingerprint density at radius 2 is 1.84 bits per heavy atom. The lowest BCUT2D eigenvalue weighted by atomic mass is 9.90. The van der Waals surface area contributed by atoms with Crippen molar-refractivity contribution in [2.24, 2.45) is 5.73 Å². The Hall–Kier alpha value is -3.21. The van der Waals surface area contributed by atoms with Crippen LogP contribution in [0.3, 0.4) is 0 Å². The summed E-state index contributed by atoms with van der Waals surface area (Å²) in [6.07, 6.45) is 9.22. The number of fused-ring (bicyclic) bond motifs is 2. The van der Waals surface area contributed by atoms with Gasteiger partial charge in [0.1, 0.15) is 5.75 Å². The predicted molar refractivity (Wildman–Crippen MR) is 152 cm³/mol. The van der Waals surface area contributed by atoms with E-state index in [4.69, 9.17) is 10.5 Å². The zero-order valence-corrected chi connectivity index (χ0v) is 22.4. The minimum Gasteiger partial charge on any atom is -0.484 e. The Bertz CT molecular complexity index is 1370. The Labute approximate surface area is 231 Å². The van der Waals surface area contributed by atoms with Crippen molar-refractivity contribution in [3.63, 3.8) is 0 Å². The number of nitrogens with two attached hydrogens (primary N) is 1. The van der Waals surface area contributed by atoms with Crippen LogP contribution in [0.1, 0.15) is 36.9 Å². The summed E-state index contributed by atoms with van der Waals surface area (Å²) in [7, 11) is 0. The summed E-state index contributed by atoms with van der Waals surface area (Å²) in [5.74, 6) is 0.314. The summed E-state index contributed by atoms with van der Waals surface area (Å²) in [5, 5.41) is 4.73. The number of nitrogens with one attached hydrogen (secondary N) is 1. The maximum Gasteiger partial charge on any atom is 0.737 e. The second-order valence-electron chi connectivity index (χ2n) is 9.10. The van der Waals surface area contributed by atoms with E-state index in [0.29, 0.717) is 47.2 Å². The number of allylic oxidation sites excluding steroid dienone is 2. The maximum absolute atomic E-state index is 16.0. The van der Waals surface area contributed by atoms with E-state index in [1.165, 1.54) is 11.3 Å². The number of carbonyl (C=O) groups is 1. The number of halogens is 3. The zero-order chi connectivity index (χ0) is 25.8. The van der Waals surface area contributed by atoms with E-state index in [2.05, 4.69) is 5.32 Å². The maximum atomic E-state index is 16.0. The van der Waals surface area contributed by atoms with Gasteiger partial charge in [-0.25, -0.2) is 0 Å². The Morgan fingerprint density at radius 1 is 1.05 bits per heavy atom. The Morgan fingerprint density at radius 3 is 2.58 bits per heavy atom. The highest BCUT2D eigenvalue weighted by Gasteiger charge is 2.52. The fourth-order valence-electron chi connectivity index (χ4n) is 4.76. The molecule has 0 spiro atoms. The van der Waals surface area contributed by atoms with Crippen LogP contribution in [-0.4, -0.2) is 47.2 Å². The van der Waals surface area contributed by atoms with Crippen molar-refractivity contribution in [2.45, 2.75) is 25.7 Å². The molecule has 11 heteroatoms. The van der Waals surface area contributed by atoms with Gasteiger partial charge in [0.05, 0.1) is 0 Å². The number of thiophene rings is 1. The molecule has 6 nitrogen and oxygen atoms in total. The molecule has 0 saturated carbocycles. The summed E-state index contributed by atoms with van der Waals surface area (Å²) < 4.78 is 39.9. The fraction of sp³-hybridized carbons (Fsp3) is 0.259. The second-order valence-corrected chi connectivity index (χ2v) is 10.1. The third kappa shape index (κ3) is 5.62. The average Bonchev–Trinajstić information content (AvgIpc) is 3.65. The van der Waals surface area contributed by atoms with Gasteiger partial charge < -0.3 is 33.4 Å². The third-order valence-electron chi connectivity index (χ3n) is 6.56. The monoisotopic (exact) mass is 558 g/mol. The number of nitrogens with zero attached hydrogens (tertiary/aromatic N) is 2. The molecule has 4 heterocycles. The number of hydrogen-bond acceptors (Lipinski definition) is 4. The molecule has 5 rings (SSSR count).